The minimum absolute atomic E-state index is 0. The second-order valence-corrected chi connectivity index (χ2v) is 6.59. The Balaban J connectivity index is 0.00000392. The molecule has 6 nitrogen and oxygen atoms in total. The normalized spacial score (nSPS) is 13.3. The summed E-state index contributed by atoms with van der Waals surface area (Å²) in [7, 11) is 3.64. The standard InChI is InChI=1S/C21H31N3O3.HI/c1-5-12-27-20-14-18(9-10-19(20)25-4)15-23-21(22-6-2)24(3)11-13-26-16-17-7-8-17;/h1,9-10,14,17H,6-8,11-13,15-16H2,2-4H3,(H,22,23);1H. The number of guanidine groups is 1. The third-order valence-corrected chi connectivity index (χ3v) is 4.27. The number of likely N-dealkylation sites (N-methyl/N-ethyl adjacent to an activating group) is 1. The summed E-state index contributed by atoms with van der Waals surface area (Å²) in [4.78, 5) is 6.82. The Bertz CT molecular complexity index is 657. The van der Waals surface area contributed by atoms with Gasteiger partial charge in [-0.05, 0) is 43.4 Å². The highest BCUT2D eigenvalue weighted by molar-refractivity contribution is 14.0. The molecular formula is C21H32IN3O3. The molecule has 1 N–H and O–H groups in total. The molecule has 0 amide bonds. The Hall–Kier alpha value is -1.66. The van der Waals surface area contributed by atoms with Gasteiger partial charge in [-0.3, -0.25) is 0 Å². The zero-order chi connectivity index (χ0) is 19.5. The zero-order valence-electron chi connectivity index (χ0n) is 17.1. The topological polar surface area (TPSA) is 55.3 Å². The van der Waals surface area contributed by atoms with Crippen LogP contribution in [0.1, 0.15) is 25.3 Å². The van der Waals surface area contributed by atoms with Crippen molar-refractivity contribution < 1.29 is 14.2 Å². The fraction of sp³-hybridized carbons (Fsp3) is 0.571. The lowest BCUT2D eigenvalue weighted by atomic mass is 10.2. The monoisotopic (exact) mass is 501 g/mol. The molecule has 0 aliphatic heterocycles. The molecule has 1 fully saturated rings. The smallest absolute Gasteiger partial charge is 0.194 e. The minimum Gasteiger partial charge on any atom is -0.493 e. The van der Waals surface area contributed by atoms with E-state index in [2.05, 4.69) is 23.1 Å². The number of hydrogen-bond donors (Lipinski definition) is 1. The van der Waals surface area contributed by atoms with Crippen molar-refractivity contribution in [2.24, 2.45) is 10.9 Å². The first-order chi connectivity index (χ1) is 13.2. The molecule has 7 heteroatoms. The molecule has 2 rings (SSSR count). The van der Waals surface area contributed by atoms with Crippen molar-refractivity contribution in [3.63, 3.8) is 0 Å². The van der Waals surface area contributed by atoms with E-state index in [1.807, 2.05) is 25.2 Å². The summed E-state index contributed by atoms with van der Waals surface area (Å²) < 4.78 is 16.6. The quantitative estimate of drug-likeness (QED) is 0.166. The fourth-order valence-corrected chi connectivity index (χ4v) is 2.53. The number of rotatable bonds is 11. The molecule has 0 aromatic heterocycles. The van der Waals surface area contributed by atoms with Gasteiger partial charge < -0.3 is 24.4 Å². The Labute approximate surface area is 186 Å². The molecule has 0 radical (unpaired) electrons. The highest BCUT2D eigenvalue weighted by Gasteiger charge is 2.21. The first-order valence-electron chi connectivity index (χ1n) is 9.48. The molecule has 1 aliphatic rings. The average Bonchev–Trinajstić information content (AvgIpc) is 3.51. The maximum Gasteiger partial charge on any atom is 0.194 e. The van der Waals surface area contributed by atoms with Gasteiger partial charge in [-0.2, -0.15) is 0 Å². The molecule has 1 saturated carbocycles. The van der Waals surface area contributed by atoms with Crippen molar-refractivity contribution in [3.05, 3.63) is 23.8 Å². The van der Waals surface area contributed by atoms with Crippen LogP contribution in [0.5, 0.6) is 11.5 Å². The molecule has 0 unspecified atom stereocenters. The highest BCUT2D eigenvalue weighted by atomic mass is 127. The van der Waals surface area contributed by atoms with Gasteiger partial charge in [0.2, 0.25) is 0 Å². The summed E-state index contributed by atoms with van der Waals surface area (Å²) in [6.07, 6.45) is 7.91. The van der Waals surface area contributed by atoms with Crippen molar-refractivity contribution in [2.75, 3.05) is 47.1 Å². The van der Waals surface area contributed by atoms with Crippen LogP contribution in [0.15, 0.2) is 23.2 Å². The van der Waals surface area contributed by atoms with Gasteiger partial charge in [0.05, 0.1) is 20.3 Å². The van der Waals surface area contributed by atoms with Crippen LogP contribution in [0.2, 0.25) is 0 Å². The molecule has 28 heavy (non-hydrogen) atoms. The maximum absolute atomic E-state index is 5.73. The summed E-state index contributed by atoms with van der Waals surface area (Å²) in [5, 5.41) is 3.32. The SMILES string of the molecule is C#CCOc1cc(CN=C(NCC)N(C)CCOCC2CC2)ccc1OC.I. The Morgan fingerprint density at radius 3 is 2.79 bits per heavy atom. The predicted molar refractivity (Wildman–Crippen MR) is 124 cm³/mol. The lowest BCUT2D eigenvalue weighted by molar-refractivity contribution is 0.115. The van der Waals surface area contributed by atoms with E-state index >= 15 is 0 Å². The van der Waals surface area contributed by atoms with Crippen LogP contribution < -0.4 is 14.8 Å². The third-order valence-electron chi connectivity index (χ3n) is 4.27. The summed E-state index contributed by atoms with van der Waals surface area (Å²) in [5.41, 5.74) is 1.02. The molecule has 0 atom stereocenters. The molecule has 1 aromatic carbocycles. The van der Waals surface area contributed by atoms with E-state index in [9.17, 15) is 0 Å². The third kappa shape index (κ3) is 8.57. The maximum atomic E-state index is 5.73. The number of nitrogens with one attached hydrogen (secondary N) is 1. The van der Waals surface area contributed by atoms with Gasteiger partial charge in [0, 0.05) is 26.7 Å². The van der Waals surface area contributed by atoms with Gasteiger partial charge in [0.15, 0.2) is 17.5 Å². The van der Waals surface area contributed by atoms with Gasteiger partial charge in [0.25, 0.3) is 0 Å². The number of halogens is 1. The molecular weight excluding hydrogens is 469 g/mol. The van der Waals surface area contributed by atoms with Crippen molar-refractivity contribution in [1.29, 1.82) is 0 Å². The van der Waals surface area contributed by atoms with E-state index in [1.54, 1.807) is 7.11 Å². The lowest BCUT2D eigenvalue weighted by Crippen LogP contribution is -2.40. The van der Waals surface area contributed by atoms with Crippen LogP contribution in [0.3, 0.4) is 0 Å². The number of benzene rings is 1. The second kappa shape index (κ2) is 13.5. The van der Waals surface area contributed by atoms with Gasteiger partial charge in [-0.15, -0.1) is 30.4 Å². The van der Waals surface area contributed by atoms with Crippen LogP contribution in [-0.2, 0) is 11.3 Å². The van der Waals surface area contributed by atoms with Crippen molar-refractivity contribution in [2.45, 2.75) is 26.3 Å². The minimum atomic E-state index is 0. The summed E-state index contributed by atoms with van der Waals surface area (Å²) >= 11 is 0. The van der Waals surface area contributed by atoms with E-state index in [0.717, 1.165) is 37.1 Å². The number of nitrogens with zero attached hydrogens (tertiary/aromatic N) is 2. The van der Waals surface area contributed by atoms with Crippen LogP contribution >= 0.6 is 24.0 Å². The molecule has 1 aliphatic carbocycles. The van der Waals surface area contributed by atoms with Crippen LogP contribution in [0.25, 0.3) is 0 Å². The van der Waals surface area contributed by atoms with Gasteiger partial charge in [-0.1, -0.05) is 12.0 Å². The van der Waals surface area contributed by atoms with E-state index in [-0.39, 0.29) is 30.6 Å². The number of hydrogen-bond acceptors (Lipinski definition) is 4. The van der Waals surface area contributed by atoms with E-state index in [1.165, 1.54) is 12.8 Å². The molecule has 156 valence electrons. The number of methoxy groups -OCH3 is 1. The average molecular weight is 501 g/mol. The van der Waals surface area contributed by atoms with Crippen molar-refractivity contribution in [1.82, 2.24) is 10.2 Å². The van der Waals surface area contributed by atoms with Gasteiger partial charge >= 0.3 is 0 Å². The van der Waals surface area contributed by atoms with Crippen molar-refractivity contribution >= 4 is 29.9 Å². The van der Waals surface area contributed by atoms with Gasteiger partial charge in [-0.25, -0.2) is 4.99 Å². The summed E-state index contributed by atoms with van der Waals surface area (Å²) in [5.74, 6) is 5.41. The Morgan fingerprint density at radius 1 is 1.36 bits per heavy atom. The largest absolute Gasteiger partial charge is 0.493 e. The fourth-order valence-electron chi connectivity index (χ4n) is 2.53. The molecule has 0 bridgehead atoms. The number of ether oxygens (including phenoxy) is 3. The van der Waals surface area contributed by atoms with Crippen LogP contribution in [0, 0.1) is 18.3 Å². The predicted octanol–water partition coefficient (Wildman–Crippen LogP) is 3.15. The molecule has 0 heterocycles. The van der Waals surface area contributed by atoms with Gasteiger partial charge in [0.1, 0.15) is 6.61 Å². The zero-order valence-corrected chi connectivity index (χ0v) is 19.4. The first-order valence-corrected chi connectivity index (χ1v) is 9.48. The molecule has 1 aromatic rings. The summed E-state index contributed by atoms with van der Waals surface area (Å²) in [6.45, 7) is 6.01. The Kier molecular flexibility index (Phi) is 11.8. The number of aliphatic imine (C=N–C) groups is 1. The summed E-state index contributed by atoms with van der Waals surface area (Å²) in [6, 6.07) is 5.77. The molecule has 0 saturated heterocycles. The second-order valence-electron chi connectivity index (χ2n) is 6.59. The van der Waals surface area contributed by atoms with Crippen LogP contribution in [-0.4, -0.2) is 57.9 Å². The first kappa shape index (κ1) is 24.4. The van der Waals surface area contributed by atoms with Crippen LogP contribution in [0.4, 0.5) is 0 Å². The highest BCUT2D eigenvalue weighted by Crippen LogP contribution is 2.29. The van der Waals surface area contributed by atoms with E-state index in [0.29, 0.717) is 24.7 Å². The van der Waals surface area contributed by atoms with E-state index < -0.39 is 0 Å². The molecule has 0 spiro atoms. The lowest BCUT2D eigenvalue weighted by Gasteiger charge is -2.22. The van der Waals surface area contributed by atoms with E-state index in [4.69, 9.17) is 25.6 Å². The van der Waals surface area contributed by atoms with Crippen molar-refractivity contribution in [3.8, 4) is 23.8 Å². The Morgan fingerprint density at radius 2 is 2.14 bits per heavy atom. The number of terminal acetylenes is 1.